The van der Waals surface area contributed by atoms with Crippen molar-refractivity contribution in [1.82, 2.24) is 4.90 Å². The highest BCUT2D eigenvalue weighted by Crippen LogP contribution is 2.09. The molecule has 0 radical (unpaired) electrons. The number of methoxy groups -OCH3 is 1. The molecule has 5 heteroatoms. The van der Waals surface area contributed by atoms with E-state index in [1.807, 2.05) is 0 Å². The zero-order valence-corrected chi connectivity index (χ0v) is 9.77. The molecule has 0 spiro atoms. The van der Waals surface area contributed by atoms with Crippen molar-refractivity contribution in [3.63, 3.8) is 0 Å². The molecule has 0 aliphatic rings. The minimum atomic E-state index is -0.601. The van der Waals surface area contributed by atoms with Gasteiger partial charge in [0, 0.05) is 19.2 Å². The SMILES string of the molecule is COC(=O)CC(=O)N(C)Cc1ccccc1F. The van der Waals surface area contributed by atoms with Gasteiger partial charge in [-0.05, 0) is 6.07 Å². The Morgan fingerprint density at radius 1 is 1.35 bits per heavy atom. The molecule has 0 aromatic heterocycles. The van der Waals surface area contributed by atoms with E-state index in [0.717, 1.165) is 0 Å². The summed E-state index contributed by atoms with van der Waals surface area (Å²) in [5, 5.41) is 0. The number of ether oxygens (including phenoxy) is 1. The number of hydrogen-bond donors (Lipinski definition) is 0. The summed E-state index contributed by atoms with van der Waals surface area (Å²) < 4.78 is 17.7. The topological polar surface area (TPSA) is 46.6 Å². The van der Waals surface area contributed by atoms with Gasteiger partial charge in [0.2, 0.25) is 5.91 Å². The van der Waals surface area contributed by atoms with Crippen LogP contribution < -0.4 is 0 Å². The predicted octanol–water partition coefficient (Wildman–Crippen LogP) is 1.35. The Kier molecular flexibility index (Phi) is 4.63. The summed E-state index contributed by atoms with van der Waals surface area (Å²) >= 11 is 0. The van der Waals surface area contributed by atoms with Crippen molar-refractivity contribution < 1.29 is 18.7 Å². The molecule has 0 saturated carbocycles. The molecule has 17 heavy (non-hydrogen) atoms. The van der Waals surface area contributed by atoms with E-state index in [-0.39, 0.29) is 18.8 Å². The van der Waals surface area contributed by atoms with Gasteiger partial charge >= 0.3 is 5.97 Å². The number of benzene rings is 1. The van der Waals surface area contributed by atoms with Crippen LogP contribution >= 0.6 is 0 Å². The highest BCUT2D eigenvalue weighted by molar-refractivity contribution is 5.94. The van der Waals surface area contributed by atoms with Gasteiger partial charge in [-0.2, -0.15) is 0 Å². The fraction of sp³-hybridized carbons (Fsp3) is 0.333. The maximum atomic E-state index is 13.3. The van der Waals surface area contributed by atoms with Crippen molar-refractivity contribution in [1.29, 1.82) is 0 Å². The number of esters is 1. The van der Waals surface area contributed by atoms with Gasteiger partial charge in [0.05, 0.1) is 7.11 Å². The van der Waals surface area contributed by atoms with Crippen LogP contribution in [-0.4, -0.2) is 30.9 Å². The Labute approximate surface area is 99.0 Å². The summed E-state index contributed by atoms with van der Waals surface area (Å²) in [6, 6.07) is 6.19. The van der Waals surface area contributed by atoms with E-state index in [0.29, 0.717) is 5.56 Å². The molecule has 4 nitrogen and oxygen atoms in total. The van der Waals surface area contributed by atoms with Gasteiger partial charge in [-0.25, -0.2) is 4.39 Å². The van der Waals surface area contributed by atoms with Crippen molar-refractivity contribution in [2.24, 2.45) is 0 Å². The third-order valence-electron chi connectivity index (χ3n) is 2.31. The van der Waals surface area contributed by atoms with Crippen LogP contribution in [0.2, 0.25) is 0 Å². The van der Waals surface area contributed by atoms with Gasteiger partial charge < -0.3 is 9.64 Å². The fourth-order valence-electron chi connectivity index (χ4n) is 1.30. The third kappa shape index (κ3) is 3.86. The molecular formula is C12H14FNO3. The molecule has 0 saturated heterocycles. The van der Waals surface area contributed by atoms with Gasteiger partial charge in [0.1, 0.15) is 12.2 Å². The molecule has 0 bridgehead atoms. The first-order chi connectivity index (χ1) is 8.04. The zero-order valence-electron chi connectivity index (χ0n) is 9.77. The first-order valence-corrected chi connectivity index (χ1v) is 5.08. The Hall–Kier alpha value is -1.91. The predicted molar refractivity (Wildman–Crippen MR) is 59.5 cm³/mol. The second-order valence-corrected chi connectivity index (χ2v) is 3.59. The lowest BCUT2D eigenvalue weighted by molar-refractivity contribution is -0.146. The van der Waals surface area contributed by atoms with Crippen LogP contribution in [0.4, 0.5) is 4.39 Å². The summed E-state index contributed by atoms with van der Waals surface area (Å²) in [4.78, 5) is 23.7. The van der Waals surface area contributed by atoms with Gasteiger partial charge in [0.15, 0.2) is 0 Å². The minimum Gasteiger partial charge on any atom is -0.469 e. The van der Waals surface area contributed by atoms with Crippen molar-refractivity contribution in [3.05, 3.63) is 35.6 Å². The van der Waals surface area contributed by atoms with E-state index < -0.39 is 11.9 Å². The van der Waals surface area contributed by atoms with Crippen LogP contribution in [0.25, 0.3) is 0 Å². The maximum absolute atomic E-state index is 13.3. The van der Waals surface area contributed by atoms with E-state index in [2.05, 4.69) is 4.74 Å². The van der Waals surface area contributed by atoms with Crippen LogP contribution in [0, 0.1) is 5.82 Å². The number of carbonyl (C=O) groups excluding carboxylic acids is 2. The molecule has 0 unspecified atom stereocenters. The standard InChI is InChI=1S/C12H14FNO3/c1-14(11(15)7-12(16)17-2)8-9-5-3-4-6-10(9)13/h3-6H,7-8H2,1-2H3. The highest BCUT2D eigenvalue weighted by atomic mass is 19.1. The summed E-state index contributed by atoms with van der Waals surface area (Å²) in [5.41, 5.74) is 0.410. The average Bonchev–Trinajstić information content (AvgIpc) is 2.31. The first-order valence-electron chi connectivity index (χ1n) is 5.08. The summed E-state index contributed by atoms with van der Waals surface area (Å²) in [6.45, 7) is 0.127. The normalized spacial score (nSPS) is 9.82. The smallest absolute Gasteiger partial charge is 0.315 e. The van der Waals surface area contributed by atoms with E-state index in [1.165, 1.54) is 25.1 Å². The lowest BCUT2D eigenvalue weighted by Gasteiger charge is -2.16. The molecular weight excluding hydrogens is 225 g/mol. The first kappa shape index (κ1) is 13.2. The minimum absolute atomic E-state index is 0.127. The number of nitrogens with zero attached hydrogens (tertiary/aromatic N) is 1. The van der Waals surface area contributed by atoms with E-state index >= 15 is 0 Å². The molecule has 1 rings (SSSR count). The molecule has 92 valence electrons. The number of hydrogen-bond acceptors (Lipinski definition) is 3. The van der Waals surface area contributed by atoms with Gasteiger partial charge in [-0.1, -0.05) is 18.2 Å². The van der Waals surface area contributed by atoms with Crippen molar-refractivity contribution in [2.45, 2.75) is 13.0 Å². The highest BCUT2D eigenvalue weighted by Gasteiger charge is 2.15. The van der Waals surface area contributed by atoms with E-state index in [4.69, 9.17) is 0 Å². The summed E-state index contributed by atoms with van der Waals surface area (Å²) in [5.74, 6) is -1.37. The lowest BCUT2D eigenvalue weighted by atomic mass is 10.2. The van der Waals surface area contributed by atoms with Crippen molar-refractivity contribution in [2.75, 3.05) is 14.2 Å². The Balaban J connectivity index is 2.60. The van der Waals surface area contributed by atoms with Crippen LogP contribution in [0.15, 0.2) is 24.3 Å². The van der Waals surface area contributed by atoms with Crippen molar-refractivity contribution in [3.8, 4) is 0 Å². The zero-order chi connectivity index (χ0) is 12.8. The quantitative estimate of drug-likeness (QED) is 0.588. The Bertz CT molecular complexity index is 420. The maximum Gasteiger partial charge on any atom is 0.315 e. The number of rotatable bonds is 4. The fourth-order valence-corrected chi connectivity index (χ4v) is 1.30. The van der Waals surface area contributed by atoms with Crippen LogP contribution in [0.1, 0.15) is 12.0 Å². The summed E-state index contributed by atoms with van der Waals surface area (Å²) in [6.07, 6.45) is -0.332. The number of carbonyl (C=O) groups is 2. The molecule has 0 N–H and O–H groups in total. The Morgan fingerprint density at radius 3 is 2.59 bits per heavy atom. The molecule has 0 atom stereocenters. The van der Waals surface area contributed by atoms with Crippen LogP contribution in [-0.2, 0) is 20.9 Å². The monoisotopic (exact) mass is 239 g/mol. The Morgan fingerprint density at radius 2 is 2.00 bits per heavy atom. The third-order valence-corrected chi connectivity index (χ3v) is 2.31. The molecule has 1 amide bonds. The van der Waals surface area contributed by atoms with Crippen LogP contribution in [0.3, 0.4) is 0 Å². The largest absolute Gasteiger partial charge is 0.469 e. The molecule has 0 aliphatic heterocycles. The van der Waals surface area contributed by atoms with E-state index in [9.17, 15) is 14.0 Å². The average molecular weight is 239 g/mol. The molecule has 1 aromatic carbocycles. The van der Waals surface area contributed by atoms with Gasteiger partial charge in [-0.3, -0.25) is 9.59 Å². The van der Waals surface area contributed by atoms with E-state index in [1.54, 1.807) is 18.2 Å². The summed E-state index contributed by atoms with van der Waals surface area (Å²) in [7, 11) is 2.73. The molecule has 0 heterocycles. The number of amides is 1. The molecule has 1 aromatic rings. The second-order valence-electron chi connectivity index (χ2n) is 3.59. The van der Waals surface area contributed by atoms with Gasteiger partial charge in [0.25, 0.3) is 0 Å². The van der Waals surface area contributed by atoms with Gasteiger partial charge in [-0.15, -0.1) is 0 Å². The van der Waals surface area contributed by atoms with Crippen molar-refractivity contribution >= 4 is 11.9 Å². The number of halogens is 1. The molecule has 0 aliphatic carbocycles. The van der Waals surface area contributed by atoms with Crippen LogP contribution in [0.5, 0.6) is 0 Å². The molecule has 0 fully saturated rings. The lowest BCUT2D eigenvalue weighted by Crippen LogP contribution is -2.28. The second kappa shape index (κ2) is 5.98.